The molecule has 3 N–H and O–H groups in total. The molecule has 0 heterocycles. The van der Waals surface area contributed by atoms with Gasteiger partial charge >= 0.3 is 0 Å². The normalized spacial score (nSPS) is 10.1. The van der Waals surface area contributed by atoms with Crippen molar-refractivity contribution in [1.82, 2.24) is 0 Å². The Balaban J connectivity index is 2.30. The van der Waals surface area contributed by atoms with Gasteiger partial charge in [0.25, 0.3) is 0 Å². The lowest BCUT2D eigenvalue weighted by Crippen LogP contribution is -1.96. The summed E-state index contributed by atoms with van der Waals surface area (Å²) in [6, 6.07) is 13.9. The summed E-state index contributed by atoms with van der Waals surface area (Å²) in [5.41, 5.74) is 9.81. The van der Waals surface area contributed by atoms with Crippen molar-refractivity contribution in [1.29, 1.82) is 0 Å². The average molecular weight is 277 g/mol. The van der Waals surface area contributed by atoms with Gasteiger partial charge in [0.05, 0.1) is 11.4 Å². The molecule has 0 unspecified atom stereocenters. The minimum atomic E-state index is 0.755. The van der Waals surface area contributed by atoms with E-state index in [-0.39, 0.29) is 0 Å². The van der Waals surface area contributed by atoms with E-state index >= 15 is 0 Å². The summed E-state index contributed by atoms with van der Waals surface area (Å²) in [7, 11) is 0. The van der Waals surface area contributed by atoms with Gasteiger partial charge in [-0.15, -0.1) is 0 Å². The molecule has 0 aliphatic rings. The summed E-state index contributed by atoms with van der Waals surface area (Å²) >= 11 is 3.44. The predicted octanol–water partition coefficient (Wildman–Crippen LogP) is 4.08. The summed E-state index contributed by atoms with van der Waals surface area (Å²) in [6.07, 6.45) is 0. The van der Waals surface area contributed by atoms with Crippen LogP contribution in [0, 0.1) is 6.92 Å². The number of nitrogens with two attached hydrogens (primary N) is 1. The minimum Gasteiger partial charge on any atom is -0.397 e. The lowest BCUT2D eigenvalue weighted by molar-refractivity contribution is 1.45. The van der Waals surface area contributed by atoms with E-state index in [1.54, 1.807) is 0 Å². The molecule has 0 fully saturated rings. The van der Waals surface area contributed by atoms with Crippen molar-refractivity contribution in [3.63, 3.8) is 0 Å². The monoisotopic (exact) mass is 276 g/mol. The highest BCUT2D eigenvalue weighted by Crippen LogP contribution is 2.25. The Morgan fingerprint density at radius 1 is 1.12 bits per heavy atom. The first kappa shape index (κ1) is 11.0. The van der Waals surface area contributed by atoms with E-state index in [4.69, 9.17) is 5.73 Å². The topological polar surface area (TPSA) is 38.0 Å². The van der Waals surface area contributed by atoms with E-state index in [0.717, 1.165) is 21.5 Å². The first-order valence-electron chi connectivity index (χ1n) is 5.04. The Hall–Kier alpha value is -1.48. The van der Waals surface area contributed by atoms with Crippen LogP contribution in [0.4, 0.5) is 17.1 Å². The zero-order valence-corrected chi connectivity index (χ0v) is 10.6. The molecule has 0 aliphatic heterocycles. The van der Waals surface area contributed by atoms with E-state index in [2.05, 4.69) is 21.2 Å². The van der Waals surface area contributed by atoms with Gasteiger partial charge in [-0.2, -0.15) is 0 Å². The molecule has 0 saturated carbocycles. The van der Waals surface area contributed by atoms with Crippen LogP contribution in [0.5, 0.6) is 0 Å². The molecular weight excluding hydrogens is 264 g/mol. The highest BCUT2D eigenvalue weighted by atomic mass is 79.9. The number of halogens is 1. The van der Waals surface area contributed by atoms with E-state index in [0.29, 0.717) is 0 Å². The zero-order valence-electron chi connectivity index (χ0n) is 9.00. The van der Waals surface area contributed by atoms with Crippen molar-refractivity contribution >= 4 is 33.0 Å². The Morgan fingerprint density at radius 3 is 2.69 bits per heavy atom. The molecular formula is C13H13BrN2. The predicted molar refractivity (Wildman–Crippen MR) is 73.0 cm³/mol. The fraction of sp³-hybridized carbons (Fsp3) is 0.0769. The summed E-state index contributed by atoms with van der Waals surface area (Å²) in [5, 5.41) is 3.30. The summed E-state index contributed by atoms with van der Waals surface area (Å²) in [6.45, 7) is 2.05. The number of rotatable bonds is 2. The summed E-state index contributed by atoms with van der Waals surface area (Å²) in [5.74, 6) is 0. The molecule has 0 radical (unpaired) electrons. The number of benzene rings is 2. The van der Waals surface area contributed by atoms with Crippen LogP contribution in [-0.2, 0) is 0 Å². The van der Waals surface area contributed by atoms with Crippen LogP contribution in [0.25, 0.3) is 0 Å². The third-order valence-electron chi connectivity index (χ3n) is 2.31. The minimum absolute atomic E-state index is 0.755. The fourth-order valence-corrected chi connectivity index (χ4v) is 1.90. The van der Waals surface area contributed by atoms with Crippen LogP contribution in [-0.4, -0.2) is 0 Å². The molecule has 3 heteroatoms. The smallest absolute Gasteiger partial charge is 0.0620 e. The van der Waals surface area contributed by atoms with E-state index in [9.17, 15) is 0 Å². The second-order valence-corrected chi connectivity index (χ2v) is 4.64. The standard InChI is InChI=1S/C13H13BrN2/c1-9-5-6-12(15)13(7-9)16-11-4-2-3-10(14)8-11/h2-8,16H,15H2,1H3. The number of aryl methyl sites for hydroxylation is 1. The molecule has 2 nitrogen and oxygen atoms in total. The number of anilines is 3. The maximum Gasteiger partial charge on any atom is 0.0620 e. The summed E-state index contributed by atoms with van der Waals surface area (Å²) < 4.78 is 1.05. The highest BCUT2D eigenvalue weighted by molar-refractivity contribution is 9.10. The zero-order chi connectivity index (χ0) is 11.5. The van der Waals surface area contributed by atoms with Crippen molar-refractivity contribution in [2.45, 2.75) is 6.92 Å². The van der Waals surface area contributed by atoms with Gasteiger partial charge in [0.15, 0.2) is 0 Å². The Bertz CT molecular complexity index is 509. The largest absolute Gasteiger partial charge is 0.397 e. The molecule has 0 bridgehead atoms. The molecule has 2 rings (SSSR count). The van der Waals surface area contributed by atoms with Gasteiger partial charge in [-0.1, -0.05) is 28.1 Å². The quantitative estimate of drug-likeness (QED) is 0.811. The van der Waals surface area contributed by atoms with Crippen molar-refractivity contribution in [2.24, 2.45) is 0 Å². The van der Waals surface area contributed by atoms with Crippen LogP contribution >= 0.6 is 15.9 Å². The molecule has 82 valence electrons. The maximum atomic E-state index is 5.90. The van der Waals surface area contributed by atoms with Gasteiger partial charge in [0.1, 0.15) is 0 Å². The van der Waals surface area contributed by atoms with Crippen LogP contribution in [0.15, 0.2) is 46.9 Å². The van der Waals surface area contributed by atoms with Gasteiger partial charge < -0.3 is 11.1 Å². The van der Waals surface area contributed by atoms with Crippen molar-refractivity contribution in [3.8, 4) is 0 Å². The van der Waals surface area contributed by atoms with Crippen LogP contribution in [0.1, 0.15) is 5.56 Å². The third-order valence-corrected chi connectivity index (χ3v) is 2.81. The van der Waals surface area contributed by atoms with Gasteiger partial charge in [-0.3, -0.25) is 0 Å². The van der Waals surface area contributed by atoms with E-state index in [1.165, 1.54) is 5.56 Å². The van der Waals surface area contributed by atoms with Gasteiger partial charge in [-0.05, 0) is 42.8 Å². The van der Waals surface area contributed by atoms with Crippen LogP contribution in [0.2, 0.25) is 0 Å². The van der Waals surface area contributed by atoms with E-state index < -0.39 is 0 Å². The Kier molecular flexibility index (Phi) is 3.15. The van der Waals surface area contributed by atoms with Gasteiger partial charge in [0.2, 0.25) is 0 Å². The fourth-order valence-electron chi connectivity index (χ4n) is 1.50. The van der Waals surface area contributed by atoms with Gasteiger partial charge in [-0.25, -0.2) is 0 Å². The number of hydrogen-bond acceptors (Lipinski definition) is 2. The van der Waals surface area contributed by atoms with Crippen molar-refractivity contribution in [2.75, 3.05) is 11.1 Å². The maximum absolute atomic E-state index is 5.90. The molecule has 0 atom stereocenters. The highest BCUT2D eigenvalue weighted by Gasteiger charge is 2.00. The van der Waals surface area contributed by atoms with Gasteiger partial charge in [0, 0.05) is 10.2 Å². The summed E-state index contributed by atoms with van der Waals surface area (Å²) in [4.78, 5) is 0. The van der Waals surface area contributed by atoms with Crippen molar-refractivity contribution < 1.29 is 0 Å². The SMILES string of the molecule is Cc1ccc(N)c(Nc2cccc(Br)c2)c1. The molecule has 0 aliphatic carbocycles. The van der Waals surface area contributed by atoms with Crippen molar-refractivity contribution in [3.05, 3.63) is 52.5 Å². The number of nitrogens with one attached hydrogen (secondary N) is 1. The number of hydrogen-bond donors (Lipinski definition) is 2. The average Bonchev–Trinajstić information content (AvgIpc) is 2.24. The lowest BCUT2D eigenvalue weighted by atomic mass is 10.2. The number of nitrogen functional groups attached to an aromatic ring is 1. The molecule has 16 heavy (non-hydrogen) atoms. The molecule has 0 saturated heterocycles. The first-order chi connectivity index (χ1) is 7.65. The molecule has 2 aromatic rings. The molecule has 2 aromatic carbocycles. The van der Waals surface area contributed by atoms with Crippen LogP contribution < -0.4 is 11.1 Å². The second kappa shape index (κ2) is 4.58. The van der Waals surface area contributed by atoms with Crippen LogP contribution in [0.3, 0.4) is 0 Å². The molecule has 0 aromatic heterocycles. The second-order valence-electron chi connectivity index (χ2n) is 3.73. The lowest BCUT2D eigenvalue weighted by Gasteiger charge is -2.10. The molecule has 0 spiro atoms. The molecule has 0 amide bonds. The Morgan fingerprint density at radius 2 is 1.94 bits per heavy atom. The first-order valence-corrected chi connectivity index (χ1v) is 5.83. The third kappa shape index (κ3) is 2.55. The van der Waals surface area contributed by atoms with E-state index in [1.807, 2.05) is 49.4 Å². The Labute approximate surface area is 104 Å².